The lowest BCUT2D eigenvalue weighted by Gasteiger charge is -2.34. The van der Waals surface area contributed by atoms with E-state index in [-0.39, 0.29) is 11.8 Å². The van der Waals surface area contributed by atoms with Gasteiger partial charge in [-0.2, -0.15) is 0 Å². The molecule has 1 fully saturated rings. The molecule has 0 spiro atoms. The van der Waals surface area contributed by atoms with E-state index in [4.69, 9.17) is 4.74 Å². The van der Waals surface area contributed by atoms with E-state index < -0.39 is 0 Å². The summed E-state index contributed by atoms with van der Waals surface area (Å²) in [6, 6.07) is 27.1. The van der Waals surface area contributed by atoms with E-state index in [1.165, 1.54) is 11.1 Å². The highest BCUT2D eigenvalue weighted by atomic mass is 16.5. The van der Waals surface area contributed by atoms with Crippen molar-refractivity contribution in [1.29, 1.82) is 0 Å². The summed E-state index contributed by atoms with van der Waals surface area (Å²) in [6.45, 7) is 7.22. The predicted octanol–water partition coefficient (Wildman–Crippen LogP) is 4.75. The molecule has 0 bridgehead atoms. The number of piperazine rings is 1. The third-order valence-electron chi connectivity index (χ3n) is 6.87. The highest BCUT2D eigenvalue weighted by Gasteiger charge is 2.26. The third-order valence-corrected chi connectivity index (χ3v) is 6.87. The van der Waals surface area contributed by atoms with Crippen molar-refractivity contribution in [2.45, 2.75) is 25.3 Å². The summed E-state index contributed by atoms with van der Waals surface area (Å²) < 4.78 is 6.05. The second kappa shape index (κ2) is 10.9. The lowest BCUT2D eigenvalue weighted by atomic mass is 9.85. The van der Waals surface area contributed by atoms with Gasteiger partial charge in [-0.1, -0.05) is 66.7 Å². The number of fused-ring (bicyclic) bond motifs is 1. The first-order chi connectivity index (χ1) is 16.7. The molecule has 1 atom stereocenters. The summed E-state index contributed by atoms with van der Waals surface area (Å²) in [6.07, 6.45) is 1.48. The smallest absolute Gasteiger partial charge is 0.225 e. The van der Waals surface area contributed by atoms with Crippen LogP contribution in [0.25, 0.3) is 0 Å². The van der Waals surface area contributed by atoms with Crippen LogP contribution in [0.4, 0.5) is 5.69 Å². The van der Waals surface area contributed by atoms with Gasteiger partial charge in [0.15, 0.2) is 0 Å². The van der Waals surface area contributed by atoms with E-state index in [2.05, 4.69) is 63.6 Å². The van der Waals surface area contributed by atoms with E-state index in [9.17, 15) is 4.79 Å². The third kappa shape index (κ3) is 5.66. The van der Waals surface area contributed by atoms with Gasteiger partial charge in [0.25, 0.3) is 0 Å². The molecular weight excluding hydrogens is 422 g/mol. The van der Waals surface area contributed by atoms with E-state index in [1.54, 1.807) is 0 Å². The molecule has 2 aliphatic heterocycles. The second-order valence-electron chi connectivity index (χ2n) is 9.27. The molecule has 5 heteroatoms. The number of rotatable bonds is 8. The summed E-state index contributed by atoms with van der Waals surface area (Å²) in [7, 11) is 0. The minimum Gasteiger partial charge on any atom is -0.493 e. The van der Waals surface area contributed by atoms with Crippen LogP contribution in [0.3, 0.4) is 0 Å². The first-order valence-corrected chi connectivity index (χ1v) is 12.3. The van der Waals surface area contributed by atoms with Crippen molar-refractivity contribution in [3.8, 4) is 5.75 Å². The molecule has 5 rings (SSSR count). The van der Waals surface area contributed by atoms with Gasteiger partial charge < -0.3 is 15.0 Å². The normalized spacial score (nSPS) is 18.8. The van der Waals surface area contributed by atoms with Crippen LogP contribution in [0.5, 0.6) is 5.75 Å². The van der Waals surface area contributed by atoms with Crippen molar-refractivity contribution in [2.75, 3.05) is 44.6 Å². The fraction of sp³-hybridized carbons (Fsp3) is 0.345. The standard InChI is InChI=1S/C29H33N3O2/c33-29-21-27(24-10-5-2-6-11-24)26-13-12-25(20-28(26)30-29)34-19-7-14-31-15-17-32(18-16-31)22-23-8-3-1-4-9-23/h1-6,8-13,20,27H,7,14-19,21-22H2,(H,30,33). The fourth-order valence-electron chi connectivity index (χ4n) is 5.01. The number of carbonyl (C=O) groups excluding carboxylic acids is 1. The Morgan fingerprint density at radius 1 is 0.853 bits per heavy atom. The Morgan fingerprint density at radius 2 is 1.56 bits per heavy atom. The Labute approximate surface area is 202 Å². The van der Waals surface area contributed by atoms with E-state index >= 15 is 0 Å². The van der Waals surface area contributed by atoms with Gasteiger partial charge in [-0.25, -0.2) is 0 Å². The van der Waals surface area contributed by atoms with Crippen LogP contribution in [0.15, 0.2) is 78.9 Å². The highest BCUT2D eigenvalue weighted by Crippen LogP contribution is 2.38. The minimum absolute atomic E-state index is 0.0601. The van der Waals surface area contributed by atoms with Gasteiger partial charge >= 0.3 is 0 Å². The van der Waals surface area contributed by atoms with Crippen molar-refractivity contribution in [3.05, 3.63) is 95.6 Å². The number of hydrogen-bond acceptors (Lipinski definition) is 4. The lowest BCUT2D eigenvalue weighted by Crippen LogP contribution is -2.46. The highest BCUT2D eigenvalue weighted by molar-refractivity contribution is 5.95. The number of ether oxygens (including phenoxy) is 1. The molecule has 2 aliphatic rings. The maximum absolute atomic E-state index is 12.3. The second-order valence-corrected chi connectivity index (χ2v) is 9.27. The van der Waals surface area contributed by atoms with Crippen LogP contribution in [-0.4, -0.2) is 55.0 Å². The molecule has 176 valence electrons. The van der Waals surface area contributed by atoms with Crippen LogP contribution in [-0.2, 0) is 11.3 Å². The van der Waals surface area contributed by atoms with E-state index in [1.807, 2.05) is 30.3 Å². The van der Waals surface area contributed by atoms with E-state index in [0.717, 1.165) is 62.7 Å². The zero-order valence-electron chi connectivity index (χ0n) is 19.7. The zero-order chi connectivity index (χ0) is 23.2. The zero-order valence-corrected chi connectivity index (χ0v) is 19.7. The number of nitrogens with zero attached hydrogens (tertiary/aromatic N) is 2. The monoisotopic (exact) mass is 455 g/mol. The van der Waals surface area contributed by atoms with Gasteiger partial charge in [0, 0.05) is 63.4 Å². The number of carbonyl (C=O) groups is 1. The molecule has 1 saturated heterocycles. The Kier molecular flexibility index (Phi) is 7.22. The Hall–Kier alpha value is -3.15. The van der Waals surface area contributed by atoms with E-state index in [0.29, 0.717) is 13.0 Å². The van der Waals surface area contributed by atoms with Gasteiger partial charge in [0.1, 0.15) is 5.75 Å². The summed E-state index contributed by atoms with van der Waals surface area (Å²) in [4.78, 5) is 17.4. The fourth-order valence-corrected chi connectivity index (χ4v) is 5.01. The van der Waals surface area contributed by atoms with Gasteiger partial charge in [0.05, 0.1) is 6.61 Å². The quantitative estimate of drug-likeness (QED) is 0.498. The largest absolute Gasteiger partial charge is 0.493 e. The van der Waals surface area contributed by atoms with Crippen LogP contribution >= 0.6 is 0 Å². The molecule has 3 aromatic rings. The summed E-state index contributed by atoms with van der Waals surface area (Å²) in [5, 5.41) is 3.03. The lowest BCUT2D eigenvalue weighted by molar-refractivity contribution is -0.116. The van der Waals surface area contributed by atoms with Crippen LogP contribution in [0.1, 0.15) is 35.4 Å². The maximum Gasteiger partial charge on any atom is 0.225 e. The molecule has 3 aromatic carbocycles. The van der Waals surface area contributed by atoms with Crippen LogP contribution in [0, 0.1) is 0 Å². The molecule has 34 heavy (non-hydrogen) atoms. The Bertz CT molecular complexity index is 1080. The predicted molar refractivity (Wildman–Crippen MR) is 136 cm³/mol. The van der Waals surface area contributed by atoms with Crippen molar-refractivity contribution in [2.24, 2.45) is 0 Å². The Balaban J connectivity index is 1.08. The van der Waals surface area contributed by atoms with Crippen molar-refractivity contribution >= 4 is 11.6 Å². The molecule has 0 radical (unpaired) electrons. The number of anilines is 1. The van der Waals surface area contributed by atoms with Crippen molar-refractivity contribution in [1.82, 2.24) is 9.80 Å². The number of nitrogens with one attached hydrogen (secondary N) is 1. The first kappa shape index (κ1) is 22.6. The molecule has 1 unspecified atom stereocenters. The molecule has 1 N–H and O–H groups in total. The molecular formula is C29H33N3O2. The number of amides is 1. The van der Waals surface area contributed by atoms with Gasteiger partial charge in [-0.15, -0.1) is 0 Å². The SMILES string of the molecule is O=C1CC(c2ccccc2)c2ccc(OCCCN3CCN(Cc4ccccc4)CC3)cc2N1. The summed E-state index contributed by atoms with van der Waals surface area (Å²) >= 11 is 0. The van der Waals surface area contributed by atoms with Gasteiger partial charge in [0.2, 0.25) is 5.91 Å². The van der Waals surface area contributed by atoms with Crippen LogP contribution < -0.4 is 10.1 Å². The molecule has 0 aliphatic carbocycles. The van der Waals surface area contributed by atoms with Crippen molar-refractivity contribution in [3.63, 3.8) is 0 Å². The molecule has 1 amide bonds. The average Bonchev–Trinajstić information content (AvgIpc) is 2.88. The molecule has 0 aromatic heterocycles. The summed E-state index contributed by atoms with van der Waals surface area (Å²) in [5.74, 6) is 0.977. The summed E-state index contributed by atoms with van der Waals surface area (Å²) in [5.41, 5.74) is 4.60. The van der Waals surface area contributed by atoms with Crippen molar-refractivity contribution < 1.29 is 9.53 Å². The average molecular weight is 456 g/mol. The Morgan fingerprint density at radius 3 is 2.32 bits per heavy atom. The van der Waals surface area contributed by atoms with Crippen LogP contribution in [0.2, 0.25) is 0 Å². The number of hydrogen-bond donors (Lipinski definition) is 1. The molecule has 2 heterocycles. The number of benzene rings is 3. The first-order valence-electron chi connectivity index (χ1n) is 12.3. The van der Waals surface area contributed by atoms with Gasteiger partial charge in [-0.05, 0) is 29.2 Å². The molecule has 5 nitrogen and oxygen atoms in total. The minimum atomic E-state index is 0.0601. The topological polar surface area (TPSA) is 44.8 Å². The van der Waals surface area contributed by atoms with Gasteiger partial charge in [-0.3, -0.25) is 9.69 Å². The molecule has 0 saturated carbocycles. The maximum atomic E-state index is 12.3.